The summed E-state index contributed by atoms with van der Waals surface area (Å²) in [7, 11) is -1.71. The number of carbonyl (C=O) groups is 1. The van der Waals surface area contributed by atoms with E-state index in [1.165, 1.54) is 52.9 Å². The van der Waals surface area contributed by atoms with Gasteiger partial charge in [-0.05, 0) is 42.0 Å². The Morgan fingerprint density at radius 2 is 2.07 bits per heavy atom. The number of carbonyl (C=O) groups excluding carboxylic acids is 1. The normalized spacial score (nSPS) is 11.8. The summed E-state index contributed by atoms with van der Waals surface area (Å²) < 4.78 is 29.0. The lowest BCUT2D eigenvalue weighted by Crippen LogP contribution is -2.30. The van der Waals surface area contributed by atoms with Crippen LogP contribution in [0.4, 0.5) is 14.9 Å². The van der Waals surface area contributed by atoms with E-state index in [1.54, 1.807) is 18.5 Å². The molecule has 3 aromatic rings. The molecule has 0 radical (unpaired) electrons. The smallest absolute Gasteiger partial charge is 0.306 e. The average molecular weight is 418 g/mol. The van der Waals surface area contributed by atoms with Gasteiger partial charge < -0.3 is 5.32 Å². The monoisotopic (exact) mass is 418 g/mol. The van der Waals surface area contributed by atoms with Crippen molar-refractivity contribution in [2.75, 3.05) is 11.6 Å². The number of urea groups is 1. The van der Waals surface area contributed by atoms with Gasteiger partial charge in [-0.3, -0.25) is 14.1 Å². The van der Waals surface area contributed by atoms with E-state index in [0.717, 1.165) is 0 Å². The molecule has 0 bridgehead atoms. The number of pyridine rings is 2. The number of aromatic nitrogens is 2. The van der Waals surface area contributed by atoms with Gasteiger partial charge in [-0.1, -0.05) is 12.6 Å². The van der Waals surface area contributed by atoms with E-state index in [9.17, 15) is 18.2 Å². The Morgan fingerprint density at radius 1 is 1.29 bits per heavy atom. The topological polar surface area (TPSA) is 93.1 Å². The van der Waals surface area contributed by atoms with Gasteiger partial charge in [-0.25, -0.2) is 18.4 Å². The van der Waals surface area contributed by atoms with Crippen molar-refractivity contribution in [1.82, 2.24) is 14.3 Å². The Hall–Kier alpha value is -2.98. The number of amides is 2. The van der Waals surface area contributed by atoms with E-state index in [4.69, 9.17) is 0 Å². The molecule has 0 aliphatic rings. The maximum absolute atomic E-state index is 13.4. The lowest BCUT2D eigenvalue weighted by Gasteiger charge is -2.09. The molecule has 0 aliphatic heterocycles. The molecule has 0 aliphatic carbocycles. The number of thioether (sulfide) groups is 1. The summed E-state index contributed by atoms with van der Waals surface area (Å²) in [6, 6.07) is 8.07. The molecular formula is C18H15FN4O3S2. The summed E-state index contributed by atoms with van der Waals surface area (Å²) in [5.41, 5.74) is -0.0678. The standard InChI is InChI=1S/C18H15FN4O3S2/c1-11(27-2)28(26)22-18(25)21-14-5-6-16(20-10-14)23-8-7-12-3-4-13(19)9-15(12)17(23)24/h3-10H,1H2,2H3,(H2,21,22,25). The molecule has 7 nitrogen and oxygen atoms in total. The van der Waals surface area contributed by atoms with E-state index in [1.807, 2.05) is 0 Å². The van der Waals surface area contributed by atoms with Crippen LogP contribution < -0.4 is 15.6 Å². The highest BCUT2D eigenvalue weighted by molar-refractivity contribution is 8.15. The maximum Gasteiger partial charge on any atom is 0.331 e. The molecule has 0 spiro atoms. The Bertz CT molecular complexity index is 1150. The zero-order chi connectivity index (χ0) is 20.3. The second-order valence-corrected chi connectivity index (χ2v) is 7.92. The van der Waals surface area contributed by atoms with Crippen LogP contribution in [0.5, 0.6) is 0 Å². The Kier molecular flexibility index (Phi) is 5.90. The third-order valence-corrected chi connectivity index (χ3v) is 5.93. The lowest BCUT2D eigenvalue weighted by atomic mass is 10.1. The number of hydrogen-bond acceptors (Lipinski definition) is 5. The number of benzene rings is 1. The lowest BCUT2D eigenvalue weighted by molar-refractivity contribution is 0.257. The molecular weight excluding hydrogens is 403 g/mol. The summed E-state index contributed by atoms with van der Waals surface area (Å²) in [5, 5.41) is 3.35. The van der Waals surface area contributed by atoms with Crippen LogP contribution in [0.2, 0.25) is 0 Å². The molecule has 0 saturated carbocycles. The third-order valence-electron chi connectivity index (χ3n) is 3.74. The largest absolute Gasteiger partial charge is 0.331 e. The molecule has 28 heavy (non-hydrogen) atoms. The number of fused-ring (bicyclic) bond motifs is 1. The second kappa shape index (κ2) is 8.36. The molecule has 1 aromatic carbocycles. The van der Waals surface area contributed by atoms with Crippen LogP contribution in [0.25, 0.3) is 16.6 Å². The molecule has 0 fully saturated rings. The minimum atomic E-state index is -1.71. The fourth-order valence-electron chi connectivity index (χ4n) is 2.37. The number of anilines is 1. The van der Waals surface area contributed by atoms with Crippen LogP contribution in [0.1, 0.15) is 0 Å². The van der Waals surface area contributed by atoms with Crippen LogP contribution in [0.15, 0.2) is 64.4 Å². The van der Waals surface area contributed by atoms with Crippen molar-refractivity contribution in [3.8, 4) is 5.82 Å². The van der Waals surface area contributed by atoms with Crippen molar-refractivity contribution in [3.05, 3.63) is 75.8 Å². The summed E-state index contributed by atoms with van der Waals surface area (Å²) >= 11 is 1.18. The summed E-state index contributed by atoms with van der Waals surface area (Å²) in [6.45, 7) is 3.57. The fourth-order valence-corrected chi connectivity index (χ4v) is 3.43. The van der Waals surface area contributed by atoms with Gasteiger partial charge in [0.05, 0.1) is 21.5 Å². The number of rotatable bonds is 5. The SMILES string of the molecule is C=C(SC)S(=O)NC(=O)Nc1ccc(-n2ccc3ccc(F)cc3c2=O)nc1. The average Bonchev–Trinajstić information content (AvgIpc) is 2.68. The van der Waals surface area contributed by atoms with Crippen molar-refractivity contribution in [2.24, 2.45) is 0 Å². The third kappa shape index (κ3) is 4.29. The Labute approximate surface area is 166 Å². The van der Waals surface area contributed by atoms with Crippen molar-refractivity contribution in [3.63, 3.8) is 0 Å². The first kappa shape index (κ1) is 19.8. The number of nitrogens with zero attached hydrogens (tertiary/aromatic N) is 2. The van der Waals surface area contributed by atoms with Crippen molar-refractivity contribution < 1.29 is 13.4 Å². The van der Waals surface area contributed by atoms with E-state index >= 15 is 0 Å². The van der Waals surface area contributed by atoms with Crippen LogP contribution >= 0.6 is 11.8 Å². The maximum atomic E-state index is 13.4. The van der Waals surface area contributed by atoms with Crippen LogP contribution in [-0.2, 0) is 11.0 Å². The highest BCUT2D eigenvalue weighted by Crippen LogP contribution is 2.15. The van der Waals surface area contributed by atoms with Gasteiger partial charge in [0.25, 0.3) is 5.56 Å². The highest BCUT2D eigenvalue weighted by atomic mass is 32.2. The van der Waals surface area contributed by atoms with Gasteiger partial charge in [0, 0.05) is 6.20 Å². The summed E-state index contributed by atoms with van der Waals surface area (Å²) in [5.74, 6) is -0.191. The van der Waals surface area contributed by atoms with Gasteiger partial charge in [0.2, 0.25) is 0 Å². The first-order valence-corrected chi connectivity index (χ1v) is 10.3. The molecule has 2 aromatic heterocycles. The zero-order valence-corrected chi connectivity index (χ0v) is 16.3. The predicted octanol–water partition coefficient (Wildman–Crippen LogP) is 3.14. The van der Waals surface area contributed by atoms with Crippen molar-refractivity contribution >= 4 is 45.2 Å². The quantitative estimate of drug-likeness (QED) is 0.664. The van der Waals surface area contributed by atoms with Gasteiger partial charge in [-0.15, -0.1) is 11.8 Å². The zero-order valence-electron chi connectivity index (χ0n) is 14.6. The molecule has 2 N–H and O–H groups in total. The van der Waals surface area contributed by atoms with E-state index in [0.29, 0.717) is 21.1 Å². The van der Waals surface area contributed by atoms with Crippen LogP contribution in [0, 0.1) is 5.82 Å². The first-order valence-electron chi connectivity index (χ1n) is 7.88. The fraction of sp³-hybridized carbons (Fsp3) is 0.0556. The minimum absolute atomic E-state index is 0.238. The Morgan fingerprint density at radius 3 is 2.75 bits per heavy atom. The molecule has 144 valence electrons. The first-order chi connectivity index (χ1) is 13.4. The van der Waals surface area contributed by atoms with E-state index in [-0.39, 0.29) is 5.39 Å². The van der Waals surface area contributed by atoms with Gasteiger partial charge in [0.1, 0.15) is 11.6 Å². The molecule has 1 atom stereocenters. The number of hydrogen-bond donors (Lipinski definition) is 2. The summed E-state index contributed by atoms with van der Waals surface area (Å²) in [6.07, 6.45) is 4.59. The molecule has 0 saturated heterocycles. The summed E-state index contributed by atoms with van der Waals surface area (Å²) in [4.78, 5) is 28.6. The molecule has 2 heterocycles. The predicted molar refractivity (Wildman–Crippen MR) is 110 cm³/mol. The highest BCUT2D eigenvalue weighted by Gasteiger charge is 2.10. The van der Waals surface area contributed by atoms with Gasteiger partial charge >= 0.3 is 6.03 Å². The molecule has 3 rings (SSSR count). The molecule has 1 unspecified atom stereocenters. The van der Waals surface area contributed by atoms with Crippen molar-refractivity contribution in [1.29, 1.82) is 0 Å². The molecule has 2 amide bonds. The van der Waals surface area contributed by atoms with Crippen LogP contribution in [0.3, 0.4) is 0 Å². The minimum Gasteiger partial charge on any atom is -0.306 e. The van der Waals surface area contributed by atoms with Gasteiger partial charge in [-0.2, -0.15) is 0 Å². The molecule has 10 heteroatoms. The second-order valence-electron chi connectivity index (χ2n) is 5.53. The van der Waals surface area contributed by atoms with E-state index in [2.05, 4.69) is 21.6 Å². The van der Waals surface area contributed by atoms with E-state index < -0.39 is 28.4 Å². The number of nitrogens with one attached hydrogen (secondary N) is 2. The van der Waals surface area contributed by atoms with Crippen molar-refractivity contribution in [2.45, 2.75) is 0 Å². The van der Waals surface area contributed by atoms with Crippen LogP contribution in [-0.4, -0.2) is 26.0 Å². The van der Waals surface area contributed by atoms with Gasteiger partial charge in [0.15, 0.2) is 11.0 Å². The Balaban J connectivity index is 1.79. The number of halogens is 1.